The van der Waals surface area contributed by atoms with Gasteiger partial charge in [0.1, 0.15) is 11.5 Å². The van der Waals surface area contributed by atoms with Crippen LogP contribution in [0.15, 0.2) is 58.1 Å². The predicted octanol–water partition coefficient (Wildman–Crippen LogP) is 2.56. The number of nitro groups is 1. The van der Waals surface area contributed by atoms with E-state index in [-0.39, 0.29) is 41.5 Å². The zero-order valence-corrected chi connectivity index (χ0v) is 18.9. The van der Waals surface area contributed by atoms with Gasteiger partial charge >= 0.3 is 5.69 Å². The Bertz CT molecular complexity index is 1320. The summed E-state index contributed by atoms with van der Waals surface area (Å²) in [4.78, 5) is 53.0. The van der Waals surface area contributed by atoms with Crippen LogP contribution in [0.25, 0.3) is 0 Å². The van der Waals surface area contributed by atoms with E-state index in [2.05, 4.69) is 10.3 Å². The Kier molecular flexibility index (Phi) is 7.46. The van der Waals surface area contributed by atoms with Crippen LogP contribution in [0.3, 0.4) is 0 Å². The molecule has 0 aliphatic carbocycles. The summed E-state index contributed by atoms with van der Waals surface area (Å²) in [6, 6.07) is 13.1. The van der Waals surface area contributed by atoms with E-state index in [0.29, 0.717) is 13.0 Å². The second-order valence-corrected chi connectivity index (χ2v) is 7.54. The quantitative estimate of drug-likeness (QED) is 0.323. The summed E-state index contributed by atoms with van der Waals surface area (Å²) >= 11 is 0. The fourth-order valence-electron chi connectivity index (χ4n) is 3.61. The molecule has 3 rings (SSSR count). The van der Waals surface area contributed by atoms with E-state index in [1.165, 1.54) is 16.7 Å². The molecule has 34 heavy (non-hydrogen) atoms. The first-order valence-electron chi connectivity index (χ1n) is 10.8. The Morgan fingerprint density at radius 2 is 1.88 bits per heavy atom. The van der Waals surface area contributed by atoms with Crippen molar-refractivity contribution in [3.05, 3.63) is 90.6 Å². The molecule has 0 saturated carbocycles. The number of nitrogens with zero attached hydrogens (tertiary/aromatic N) is 3. The highest BCUT2D eigenvalue weighted by Crippen LogP contribution is 2.27. The standard InChI is InChI=1S/C23H26N6O5/c1-3-12-27(22(31)16-10-11-17(25-4-2)18(13-16)29(33)34)19-20(24)28(23(32)26-21(19)30)14-15-8-6-5-7-9-15/h5-11,13,25H,3-4,12,14,24H2,1-2H3,(H,26,30,32). The van der Waals surface area contributed by atoms with Crippen LogP contribution in [0.2, 0.25) is 0 Å². The molecule has 0 unspecified atom stereocenters. The topological polar surface area (TPSA) is 156 Å². The first-order chi connectivity index (χ1) is 16.3. The second-order valence-electron chi connectivity index (χ2n) is 7.54. The number of nitrogens with one attached hydrogen (secondary N) is 2. The van der Waals surface area contributed by atoms with Crippen LogP contribution in [0, 0.1) is 10.1 Å². The molecule has 1 amide bonds. The third kappa shape index (κ3) is 4.98. The molecule has 1 heterocycles. The minimum absolute atomic E-state index is 0.0152. The highest BCUT2D eigenvalue weighted by atomic mass is 16.6. The van der Waals surface area contributed by atoms with Gasteiger partial charge in [-0.15, -0.1) is 0 Å². The number of aromatic nitrogens is 2. The van der Waals surface area contributed by atoms with Crippen molar-refractivity contribution in [2.75, 3.05) is 29.0 Å². The number of aromatic amines is 1. The summed E-state index contributed by atoms with van der Waals surface area (Å²) in [5.41, 5.74) is 5.36. The molecule has 0 atom stereocenters. The summed E-state index contributed by atoms with van der Waals surface area (Å²) < 4.78 is 1.18. The molecular formula is C23H26N6O5. The largest absolute Gasteiger partial charge is 0.383 e. The van der Waals surface area contributed by atoms with Gasteiger partial charge in [-0.05, 0) is 31.0 Å². The molecule has 1 aromatic heterocycles. The molecule has 0 aliphatic heterocycles. The van der Waals surface area contributed by atoms with Crippen LogP contribution < -0.4 is 27.2 Å². The van der Waals surface area contributed by atoms with Gasteiger partial charge in [0, 0.05) is 24.7 Å². The number of nitrogen functional groups attached to an aromatic ring is 1. The highest BCUT2D eigenvalue weighted by Gasteiger charge is 2.26. The normalized spacial score (nSPS) is 10.6. The van der Waals surface area contributed by atoms with E-state index in [9.17, 15) is 24.5 Å². The van der Waals surface area contributed by atoms with Crippen molar-refractivity contribution in [2.45, 2.75) is 26.8 Å². The Morgan fingerprint density at radius 1 is 1.18 bits per heavy atom. The van der Waals surface area contributed by atoms with Crippen molar-refractivity contribution in [1.29, 1.82) is 0 Å². The van der Waals surface area contributed by atoms with E-state index in [0.717, 1.165) is 16.5 Å². The number of carbonyl (C=O) groups is 1. The summed E-state index contributed by atoms with van der Waals surface area (Å²) in [5.74, 6) is -0.812. The zero-order valence-electron chi connectivity index (χ0n) is 18.9. The van der Waals surface area contributed by atoms with Crippen molar-refractivity contribution in [2.24, 2.45) is 0 Å². The summed E-state index contributed by atoms with van der Waals surface area (Å²) in [7, 11) is 0. The van der Waals surface area contributed by atoms with Gasteiger partial charge in [0.05, 0.1) is 11.5 Å². The molecule has 0 bridgehead atoms. The van der Waals surface area contributed by atoms with Crippen molar-refractivity contribution in [3.63, 3.8) is 0 Å². The van der Waals surface area contributed by atoms with Crippen LogP contribution in [0.1, 0.15) is 36.2 Å². The predicted molar refractivity (Wildman–Crippen MR) is 131 cm³/mol. The Morgan fingerprint density at radius 3 is 2.50 bits per heavy atom. The number of H-pyrrole nitrogens is 1. The average molecular weight is 466 g/mol. The average Bonchev–Trinajstić information content (AvgIpc) is 2.81. The van der Waals surface area contributed by atoms with Crippen molar-refractivity contribution >= 4 is 28.8 Å². The van der Waals surface area contributed by atoms with Gasteiger partial charge < -0.3 is 16.0 Å². The summed E-state index contributed by atoms with van der Waals surface area (Å²) in [5, 5.41) is 14.4. The smallest absolute Gasteiger partial charge is 0.330 e. The molecule has 11 nitrogen and oxygen atoms in total. The van der Waals surface area contributed by atoms with Crippen LogP contribution in [-0.2, 0) is 6.54 Å². The lowest BCUT2D eigenvalue weighted by molar-refractivity contribution is -0.384. The maximum absolute atomic E-state index is 13.4. The van der Waals surface area contributed by atoms with E-state index in [1.54, 1.807) is 38.1 Å². The van der Waals surface area contributed by atoms with E-state index >= 15 is 0 Å². The van der Waals surface area contributed by atoms with Crippen molar-refractivity contribution in [1.82, 2.24) is 9.55 Å². The fraction of sp³-hybridized carbons (Fsp3) is 0.261. The Labute approximate surface area is 195 Å². The molecule has 2 aromatic carbocycles. The fourth-order valence-corrected chi connectivity index (χ4v) is 3.61. The number of nitro benzene ring substituents is 1. The Hall–Kier alpha value is -4.41. The number of rotatable bonds is 9. The van der Waals surface area contributed by atoms with E-state index < -0.39 is 22.1 Å². The molecule has 3 aromatic rings. The van der Waals surface area contributed by atoms with Gasteiger partial charge in [-0.25, -0.2) is 4.79 Å². The maximum Gasteiger partial charge on any atom is 0.330 e. The summed E-state index contributed by atoms with van der Waals surface area (Å²) in [6.45, 7) is 4.27. The van der Waals surface area contributed by atoms with E-state index in [4.69, 9.17) is 5.73 Å². The number of hydrogen-bond acceptors (Lipinski definition) is 7. The number of amides is 1. The van der Waals surface area contributed by atoms with Gasteiger partial charge in [-0.2, -0.15) is 0 Å². The van der Waals surface area contributed by atoms with Gasteiger partial charge in [0.15, 0.2) is 5.69 Å². The molecule has 0 aliphatic rings. The lowest BCUT2D eigenvalue weighted by atomic mass is 10.1. The van der Waals surface area contributed by atoms with E-state index in [1.807, 2.05) is 6.07 Å². The molecule has 11 heteroatoms. The third-order valence-electron chi connectivity index (χ3n) is 5.17. The monoisotopic (exact) mass is 466 g/mol. The molecule has 0 spiro atoms. The lowest BCUT2D eigenvalue weighted by Crippen LogP contribution is -2.41. The molecule has 0 fully saturated rings. The van der Waals surface area contributed by atoms with Crippen molar-refractivity contribution in [3.8, 4) is 0 Å². The SMILES string of the molecule is CCCN(C(=O)c1ccc(NCC)c([N+](=O)[O-])c1)c1c(N)n(Cc2ccccc2)c(=O)[nH]c1=O. The number of anilines is 3. The van der Waals surface area contributed by atoms with Crippen LogP contribution in [-0.4, -0.2) is 33.5 Å². The minimum atomic E-state index is -0.813. The van der Waals surface area contributed by atoms with Gasteiger partial charge in [-0.3, -0.25) is 29.3 Å². The van der Waals surface area contributed by atoms with Crippen LogP contribution >= 0.6 is 0 Å². The van der Waals surface area contributed by atoms with Gasteiger partial charge in [0.2, 0.25) is 0 Å². The molecule has 178 valence electrons. The van der Waals surface area contributed by atoms with Crippen molar-refractivity contribution < 1.29 is 9.72 Å². The zero-order chi connectivity index (χ0) is 24.8. The maximum atomic E-state index is 13.4. The second kappa shape index (κ2) is 10.5. The van der Waals surface area contributed by atoms with Gasteiger partial charge in [-0.1, -0.05) is 37.3 Å². The molecule has 4 N–H and O–H groups in total. The first kappa shape index (κ1) is 24.2. The molecule has 0 radical (unpaired) electrons. The van der Waals surface area contributed by atoms with Crippen LogP contribution in [0.5, 0.6) is 0 Å². The minimum Gasteiger partial charge on any atom is -0.383 e. The van der Waals surface area contributed by atoms with Crippen LogP contribution in [0.4, 0.5) is 22.9 Å². The number of nitrogens with two attached hydrogens (primary N) is 1. The van der Waals surface area contributed by atoms with Gasteiger partial charge in [0.25, 0.3) is 17.2 Å². The summed E-state index contributed by atoms with van der Waals surface area (Å²) in [6.07, 6.45) is 0.472. The molecule has 0 saturated heterocycles. The third-order valence-corrected chi connectivity index (χ3v) is 5.17. The molecular weight excluding hydrogens is 440 g/mol. The number of benzene rings is 2. The highest BCUT2D eigenvalue weighted by molar-refractivity contribution is 6.08. The number of carbonyl (C=O) groups excluding carboxylic acids is 1. The Balaban J connectivity index is 2.10. The lowest BCUT2D eigenvalue weighted by Gasteiger charge is -2.24. The number of hydrogen-bond donors (Lipinski definition) is 3. The first-order valence-corrected chi connectivity index (χ1v) is 10.8.